The van der Waals surface area contributed by atoms with Crippen LogP contribution in [0.2, 0.25) is 0 Å². The second-order valence-electron chi connectivity index (χ2n) is 5.17. The third-order valence-corrected chi connectivity index (χ3v) is 3.25. The zero-order valence-electron chi connectivity index (χ0n) is 12.1. The monoisotopic (exact) mass is 275 g/mol. The summed E-state index contributed by atoms with van der Waals surface area (Å²) in [4.78, 5) is 21.3. The molecule has 20 heavy (non-hydrogen) atoms. The molecule has 108 valence electrons. The van der Waals surface area contributed by atoms with Gasteiger partial charge in [-0.05, 0) is 25.2 Å². The first-order chi connectivity index (χ1) is 9.49. The lowest BCUT2D eigenvalue weighted by molar-refractivity contribution is -0.124. The normalized spacial score (nSPS) is 12.8. The van der Waals surface area contributed by atoms with Gasteiger partial charge in [0, 0.05) is 25.2 Å². The van der Waals surface area contributed by atoms with Gasteiger partial charge >= 0.3 is 0 Å². The van der Waals surface area contributed by atoms with Crippen molar-refractivity contribution in [1.82, 2.24) is 20.2 Å². The predicted octanol–water partition coefficient (Wildman–Crippen LogP) is 0.959. The molecule has 1 atom stereocenters. The van der Waals surface area contributed by atoms with Crippen molar-refractivity contribution in [3.8, 4) is 0 Å². The molecule has 0 radical (unpaired) electrons. The van der Waals surface area contributed by atoms with Gasteiger partial charge in [0.15, 0.2) is 0 Å². The number of fused-ring (bicyclic) bond motifs is 1. The molecule has 0 saturated carbocycles. The first-order valence-corrected chi connectivity index (χ1v) is 6.64. The Bertz CT molecular complexity index is 607. The van der Waals surface area contributed by atoms with Gasteiger partial charge in [0.2, 0.25) is 5.91 Å². The molecule has 6 heteroatoms. The Kier molecular flexibility index (Phi) is 4.24. The fourth-order valence-corrected chi connectivity index (χ4v) is 2.27. The van der Waals surface area contributed by atoms with Crippen LogP contribution in [0.15, 0.2) is 18.2 Å². The lowest BCUT2D eigenvalue weighted by atomic mass is 10.1. The highest BCUT2D eigenvalue weighted by atomic mass is 16.1. The molecule has 0 saturated heterocycles. The molecule has 0 aliphatic carbocycles. The number of benzene rings is 1. The summed E-state index contributed by atoms with van der Waals surface area (Å²) in [5.41, 5.74) is 8.31. The smallest absolute Gasteiger partial charge is 0.223 e. The molecule has 1 amide bonds. The maximum Gasteiger partial charge on any atom is 0.223 e. The summed E-state index contributed by atoms with van der Waals surface area (Å²) in [6, 6.07) is 5.61. The number of imidazole rings is 1. The van der Waals surface area contributed by atoms with Crippen LogP contribution in [0.25, 0.3) is 11.0 Å². The topological polar surface area (TPSA) is 87.0 Å². The second-order valence-corrected chi connectivity index (χ2v) is 5.17. The van der Waals surface area contributed by atoms with Crippen LogP contribution in [0.1, 0.15) is 12.7 Å². The van der Waals surface area contributed by atoms with E-state index in [-0.39, 0.29) is 11.8 Å². The van der Waals surface area contributed by atoms with Crippen LogP contribution >= 0.6 is 0 Å². The molecule has 0 fully saturated rings. The minimum atomic E-state index is -0.0509. The molecular formula is C14H21N5O. The van der Waals surface area contributed by atoms with E-state index < -0.39 is 0 Å². The number of rotatable bonds is 5. The number of carbonyl (C=O) groups excluding carboxylic acids is 1. The summed E-state index contributed by atoms with van der Waals surface area (Å²) < 4.78 is 0. The van der Waals surface area contributed by atoms with E-state index >= 15 is 0 Å². The van der Waals surface area contributed by atoms with E-state index in [4.69, 9.17) is 5.73 Å². The minimum absolute atomic E-state index is 0.0502. The molecule has 0 aliphatic heterocycles. The zero-order valence-corrected chi connectivity index (χ0v) is 12.1. The van der Waals surface area contributed by atoms with Gasteiger partial charge in [0.1, 0.15) is 5.82 Å². The van der Waals surface area contributed by atoms with Crippen LogP contribution in [-0.2, 0) is 11.3 Å². The van der Waals surface area contributed by atoms with E-state index in [1.807, 2.05) is 32.2 Å². The van der Waals surface area contributed by atoms with E-state index in [1.54, 1.807) is 7.05 Å². The highest BCUT2D eigenvalue weighted by molar-refractivity contribution is 5.79. The van der Waals surface area contributed by atoms with Crippen LogP contribution < -0.4 is 11.1 Å². The molecule has 1 unspecified atom stereocenters. The van der Waals surface area contributed by atoms with Gasteiger partial charge in [0.05, 0.1) is 17.6 Å². The average Bonchev–Trinajstić information content (AvgIpc) is 2.78. The van der Waals surface area contributed by atoms with E-state index in [9.17, 15) is 4.79 Å². The average molecular weight is 275 g/mol. The standard InChI is InChI=1S/C14H21N5O/c1-9(14(20)16-2)7-19(3)8-13-17-11-5-4-10(15)6-12(11)18-13/h4-6,9H,7-8,15H2,1-3H3,(H,16,20)(H,17,18). The zero-order chi connectivity index (χ0) is 14.7. The summed E-state index contributed by atoms with van der Waals surface area (Å²) in [5.74, 6) is 0.872. The maximum atomic E-state index is 11.5. The number of nitrogens with one attached hydrogen (secondary N) is 2. The quantitative estimate of drug-likeness (QED) is 0.709. The van der Waals surface area contributed by atoms with Crippen LogP contribution in [-0.4, -0.2) is 41.4 Å². The van der Waals surface area contributed by atoms with E-state index in [2.05, 4.69) is 20.2 Å². The van der Waals surface area contributed by atoms with Gasteiger partial charge in [-0.25, -0.2) is 4.98 Å². The summed E-state index contributed by atoms with van der Waals surface area (Å²) in [6.45, 7) is 3.25. The van der Waals surface area contributed by atoms with Crippen LogP contribution in [0.5, 0.6) is 0 Å². The lowest BCUT2D eigenvalue weighted by Gasteiger charge is -2.19. The fraction of sp³-hybridized carbons (Fsp3) is 0.429. The third kappa shape index (κ3) is 3.27. The molecule has 1 heterocycles. The number of nitrogens with two attached hydrogens (primary N) is 1. The van der Waals surface area contributed by atoms with Crippen LogP contribution in [0.3, 0.4) is 0 Å². The van der Waals surface area contributed by atoms with Gasteiger partial charge in [-0.15, -0.1) is 0 Å². The third-order valence-electron chi connectivity index (χ3n) is 3.25. The van der Waals surface area contributed by atoms with Crippen molar-refractivity contribution in [2.45, 2.75) is 13.5 Å². The van der Waals surface area contributed by atoms with Gasteiger partial charge in [-0.1, -0.05) is 6.92 Å². The molecule has 2 aromatic rings. The Balaban J connectivity index is 2.02. The van der Waals surface area contributed by atoms with Crippen molar-refractivity contribution >= 4 is 22.6 Å². The highest BCUT2D eigenvalue weighted by Gasteiger charge is 2.14. The fourth-order valence-electron chi connectivity index (χ4n) is 2.27. The van der Waals surface area contributed by atoms with Crippen molar-refractivity contribution in [3.05, 3.63) is 24.0 Å². The highest BCUT2D eigenvalue weighted by Crippen LogP contribution is 2.15. The van der Waals surface area contributed by atoms with Crippen molar-refractivity contribution in [1.29, 1.82) is 0 Å². The largest absolute Gasteiger partial charge is 0.399 e. The molecule has 0 spiro atoms. The Morgan fingerprint density at radius 3 is 3.00 bits per heavy atom. The number of anilines is 1. The number of aromatic nitrogens is 2. The first kappa shape index (κ1) is 14.3. The van der Waals surface area contributed by atoms with E-state index in [1.165, 1.54) is 0 Å². The van der Waals surface area contributed by atoms with Crippen molar-refractivity contribution in [3.63, 3.8) is 0 Å². The predicted molar refractivity (Wildman–Crippen MR) is 80.1 cm³/mol. The summed E-state index contributed by atoms with van der Waals surface area (Å²) in [7, 11) is 3.63. The molecule has 0 aliphatic rings. The number of carbonyl (C=O) groups is 1. The number of H-pyrrole nitrogens is 1. The molecule has 1 aromatic carbocycles. The summed E-state index contributed by atoms with van der Waals surface area (Å²) >= 11 is 0. The van der Waals surface area contributed by atoms with Gasteiger partial charge < -0.3 is 16.0 Å². The number of nitrogen functional groups attached to an aromatic ring is 1. The van der Waals surface area contributed by atoms with Crippen molar-refractivity contribution in [2.24, 2.45) is 5.92 Å². The number of hydrogen-bond donors (Lipinski definition) is 3. The SMILES string of the molecule is CNC(=O)C(C)CN(C)Cc1nc2ccc(N)cc2[nH]1. The Morgan fingerprint density at radius 1 is 1.55 bits per heavy atom. The number of hydrogen-bond acceptors (Lipinski definition) is 4. The Labute approximate surface area is 118 Å². The lowest BCUT2D eigenvalue weighted by Crippen LogP contribution is -2.34. The van der Waals surface area contributed by atoms with E-state index in [0.717, 1.165) is 16.9 Å². The summed E-state index contributed by atoms with van der Waals surface area (Å²) in [5, 5.41) is 2.66. The minimum Gasteiger partial charge on any atom is -0.399 e. The number of aromatic amines is 1. The van der Waals surface area contributed by atoms with Crippen molar-refractivity contribution in [2.75, 3.05) is 26.4 Å². The maximum absolute atomic E-state index is 11.5. The van der Waals surface area contributed by atoms with E-state index in [0.29, 0.717) is 18.8 Å². The molecular weight excluding hydrogens is 254 g/mol. The van der Waals surface area contributed by atoms with Crippen LogP contribution in [0, 0.1) is 5.92 Å². The van der Waals surface area contributed by atoms with Gasteiger partial charge in [0.25, 0.3) is 0 Å². The molecule has 6 nitrogen and oxygen atoms in total. The van der Waals surface area contributed by atoms with Gasteiger partial charge in [-0.3, -0.25) is 9.69 Å². The second kappa shape index (κ2) is 5.92. The number of nitrogens with zero attached hydrogens (tertiary/aromatic N) is 2. The number of amides is 1. The van der Waals surface area contributed by atoms with Crippen LogP contribution in [0.4, 0.5) is 5.69 Å². The summed E-state index contributed by atoms with van der Waals surface area (Å²) in [6.07, 6.45) is 0. The Hall–Kier alpha value is -2.08. The van der Waals surface area contributed by atoms with Crippen molar-refractivity contribution < 1.29 is 4.79 Å². The molecule has 4 N–H and O–H groups in total. The first-order valence-electron chi connectivity index (χ1n) is 6.64. The molecule has 2 rings (SSSR count). The molecule has 1 aromatic heterocycles. The van der Waals surface area contributed by atoms with Gasteiger partial charge in [-0.2, -0.15) is 0 Å². The molecule has 0 bridgehead atoms. The Morgan fingerprint density at radius 2 is 2.30 bits per heavy atom.